The number of aliphatic imine (C=N–C) groups is 1. The van der Waals surface area contributed by atoms with Crippen molar-refractivity contribution in [3.05, 3.63) is 65.9 Å². The Morgan fingerprint density at radius 3 is 2.56 bits per heavy atom. The number of pyridine rings is 2. The molecular weight excluding hydrogens is 411 g/mol. The average molecular weight is 434 g/mol. The maximum Gasteiger partial charge on any atom is 0.283 e. The van der Waals surface area contributed by atoms with Crippen molar-refractivity contribution in [2.75, 3.05) is 13.2 Å². The summed E-state index contributed by atoms with van der Waals surface area (Å²) in [5, 5.41) is 0. The minimum Gasteiger partial charge on any atom is -0.493 e. The molecule has 0 amide bonds. The molecule has 0 bridgehead atoms. The molecule has 7 nitrogen and oxygen atoms in total. The summed E-state index contributed by atoms with van der Waals surface area (Å²) in [6, 6.07) is 10.6. The molecule has 2 N–H and O–H groups in total. The molecule has 32 heavy (non-hydrogen) atoms. The lowest BCUT2D eigenvalue weighted by Crippen LogP contribution is -2.31. The van der Waals surface area contributed by atoms with E-state index in [1.54, 1.807) is 12.3 Å². The number of fused-ring (bicyclic) bond motifs is 4. The van der Waals surface area contributed by atoms with E-state index >= 15 is 0 Å². The summed E-state index contributed by atoms with van der Waals surface area (Å²) in [6.45, 7) is 7.10. The normalized spacial score (nSPS) is 18.9. The van der Waals surface area contributed by atoms with Crippen LogP contribution in [0.5, 0.6) is 17.4 Å². The molecule has 0 unspecified atom stereocenters. The summed E-state index contributed by atoms with van der Waals surface area (Å²) in [6.07, 6.45) is 3.13. The van der Waals surface area contributed by atoms with Gasteiger partial charge in [-0.15, -0.1) is 0 Å². The molecule has 4 heterocycles. The number of aromatic nitrogens is 2. The molecule has 2 aliphatic rings. The highest BCUT2D eigenvalue weighted by molar-refractivity contribution is 5.77. The second kappa shape index (κ2) is 7.19. The highest BCUT2D eigenvalue weighted by Gasteiger charge is 2.48. The molecule has 0 aliphatic carbocycles. The van der Waals surface area contributed by atoms with Gasteiger partial charge in [0.15, 0.2) is 5.54 Å². The number of nitrogens with two attached hydrogens (primary N) is 1. The Hall–Kier alpha value is -3.68. The first-order chi connectivity index (χ1) is 15.2. The molecule has 1 spiro atoms. The van der Waals surface area contributed by atoms with E-state index in [0.29, 0.717) is 29.5 Å². The highest BCUT2D eigenvalue weighted by atomic mass is 19.1. The summed E-state index contributed by atoms with van der Waals surface area (Å²) in [7, 11) is 0. The summed E-state index contributed by atoms with van der Waals surface area (Å²) < 4.78 is 31.0. The van der Waals surface area contributed by atoms with Crippen LogP contribution in [-0.4, -0.2) is 29.2 Å². The van der Waals surface area contributed by atoms with Crippen LogP contribution in [0.1, 0.15) is 31.9 Å². The van der Waals surface area contributed by atoms with Crippen molar-refractivity contribution in [1.82, 2.24) is 9.97 Å². The van der Waals surface area contributed by atoms with Crippen LogP contribution >= 0.6 is 0 Å². The van der Waals surface area contributed by atoms with Gasteiger partial charge in [-0.25, -0.2) is 15.0 Å². The minimum atomic E-state index is -0.926. The van der Waals surface area contributed by atoms with Gasteiger partial charge >= 0.3 is 0 Å². The van der Waals surface area contributed by atoms with Crippen LogP contribution in [0.25, 0.3) is 11.1 Å². The summed E-state index contributed by atoms with van der Waals surface area (Å²) in [5.41, 5.74) is 8.01. The van der Waals surface area contributed by atoms with Crippen molar-refractivity contribution < 1.29 is 18.6 Å². The molecule has 8 heteroatoms. The molecule has 0 radical (unpaired) electrons. The van der Waals surface area contributed by atoms with E-state index in [4.69, 9.17) is 19.9 Å². The zero-order valence-electron chi connectivity index (χ0n) is 18.1. The second-order valence-electron chi connectivity index (χ2n) is 9.15. The van der Waals surface area contributed by atoms with Gasteiger partial charge in [0.1, 0.15) is 18.1 Å². The molecule has 0 fully saturated rings. The Morgan fingerprint density at radius 2 is 1.88 bits per heavy atom. The lowest BCUT2D eigenvalue weighted by molar-refractivity contribution is 0.197. The van der Waals surface area contributed by atoms with Crippen molar-refractivity contribution in [2.24, 2.45) is 16.1 Å². The first-order valence-corrected chi connectivity index (χ1v) is 10.3. The number of halogens is 1. The van der Waals surface area contributed by atoms with E-state index in [2.05, 4.69) is 35.7 Å². The van der Waals surface area contributed by atoms with Gasteiger partial charge in [-0.05, 0) is 41.8 Å². The van der Waals surface area contributed by atoms with Gasteiger partial charge in [-0.1, -0.05) is 20.8 Å². The number of nitrogens with zero attached hydrogens (tertiary/aromatic N) is 3. The zero-order valence-corrected chi connectivity index (χ0v) is 18.1. The molecule has 1 atom stereocenters. The standard InChI is InChI=1S/C24H23FN4O3/c1-23(2,3)12-30-16-5-6-19-17(9-16)24(13-31-22(26)29-24)18-8-15(11-28-21(18)32-19)14-4-7-20(25)27-10-14/h4-11H,12-13H2,1-3H3,(H2,26,29)/t24-/m0/s1. The van der Waals surface area contributed by atoms with Gasteiger partial charge < -0.3 is 19.9 Å². The number of amidine groups is 1. The van der Waals surface area contributed by atoms with E-state index in [0.717, 1.165) is 16.7 Å². The Labute approximate surface area is 185 Å². The van der Waals surface area contributed by atoms with Crippen LogP contribution in [0.2, 0.25) is 0 Å². The quantitative estimate of drug-likeness (QED) is 0.615. The van der Waals surface area contributed by atoms with E-state index in [9.17, 15) is 4.39 Å². The first-order valence-electron chi connectivity index (χ1n) is 10.3. The largest absolute Gasteiger partial charge is 0.493 e. The van der Waals surface area contributed by atoms with Crippen molar-refractivity contribution in [1.29, 1.82) is 0 Å². The highest BCUT2D eigenvalue weighted by Crippen LogP contribution is 2.51. The van der Waals surface area contributed by atoms with Crippen molar-refractivity contribution in [3.63, 3.8) is 0 Å². The summed E-state index contributed by atoms with van der Waals surface area (Å²) in [4.78, 5) is 12.9. The van der Waals surface area contributed by atoms with Gasteiger partial charge in [-0.3, -0.25) is 0 Å². The van der Waals surface area contributed by atoms with Crippen LogP contribution in [0, 0.1) is 11.4 Å². The van der Waals surface area contributed by atoms with Crippen LogP contribution in [0.4, 0.5) is 4.39 Å². The van der Waals surface area contributed by atoms with Gasteiger partial charge in [0.05, 0.1) is 12.2 Å². The molecule has 164 valence electrons. The van der Waals surface area contributed by atoms with Crippen molar-refractivity contribution in [2.45, 2.75) is 26.3 Å². The molecule has 3 aromatic rings. The number of hydrogen-bond acceptors (Lipinski definition) is 7. The number of benzene rings is 1. The Balaban J connectivity index is 1.62. The fourth-order valence-electron chi connectivity index (χ4n) is 3.80. The lowest BCUT2D eigenvalue weighted by atomic mass is 9.81. The van der Waals surface area contributed by atoms with E-state index < -0.39 is 11.5 Å². The van der Waals surface area contributed by atoms with E-state index in [-0.39, 0.29) is 18.0 Å². The fourth-order valence-corrected chi connectivity index (χ4v) is 3.80. The number of ether oxygens (including phenoxy) is 3. The fraction of sp³-hybridized carbons (Fsp3) is 0.292. The summed E-state index contributed by atoms with van der Waals surface area (Å²) in [5.74, 6) is 1.20. The molecule has 0 saturated carbocycles. The van der Waals surface area contributed by atoms with Crippen LogP contribution in [0.15, 0.2) is 53.8 Å². The summed E-state index contributed by atoms with van der Waals surface area (Å²) >= 11 is 0. The van der Waals surface area contributed by atoms with Gasteiger partial charge in [0.25, 0.3) is 6.02 Å². The Morgan fingerprint density at radius 1 is 1.06 bits per heavy atom. The Kier molecular flexibility index (Phi) is 4.54. The topological polar surface area (TPSA) is 91.9 Å². The monoisotopic (exact) mass is 434 g/mol. The molecule has 0 saturated heterocycles. The SMILES string of the molecule is CC(C)(C)COc1ccc2c(c1)[C@@]1(COC(N)=N1)c1cc(-c3ccc(F)nc3)cnc1O2. The number of rotatable bonds is 3. The van der Waals surface area contributed by atoms with Crippen LogP contribution < -0.4 is 15.2 Å². The second-order valence-corrected chi connectivity index (χ2v) is 9.15. The minimum absolute atomic E-state index is 0.0117. The molecular formula is C24H23FN4O3. The van der Waals surface area contributed by atoms with Crippen LogP contribution in [0.3, 0.4) is 0 Å². The maximum absolute atomic E-state index is 13.3. The predicted octanol–water partition coefficient (Wildman–Crippen LogP) is 4.40. The van der Waals surface area contributed by atoms with Gasteiger partial charge in [-0.2, -0.15) is 4.39 Å². The zero-order chi connectivity index (χ0) is 22.5. The lowest BCUT2D eigenvalue weighted by Gasteiger charge is -2.33. The van der Waals surface area contributed by atoms with Crippen molar-refractivity contribution >= 4 is 6.02 Å². The number of hydrogen-bond donors (Lipinski definition) is 1. The third-order valence-corrected chi connectivity index (χ3v) is 5.36. The smallest absolute Gasteiger partial charge is 0.283 e. The van der Waals surface area contributed by atoms with Crippen molar-refractivity contribution in [3.8, 4) is 28.5 Å². The molecule has 5 rings (SSSR count). The molecule has 2 aromatic heterocycles. The third kappa shape index (κ3) is 3.51. The Bertz CT molecular complexity index is 1220. The van der Waals surface area contributed by atoms with Gasteiger partial charge in [0.2, 0.25) is 11.8 Å². The molecule has 2 aliphatic heterocycles. The maximum atomic E-state index is 13.3. The van der Waals surface area contributed by atoms with Crippen LogP contribution in [-0.2, 0) is 10.3 Å². The van der Waals surface area contributed by atoms with E-state index in [1.165, 1.54) is 12.3 Å². The third-order valence-electron chi connectivity index (χ3n) is 5.36. The van der Waals surface area contributed by atoms with E-state index in [1.807, 2.05) is 24.3 Å². The molecule has 1 aromatic carbocycles. The first kappa shape index (κ1) is 20.2. The van der Waals surface area contributed by atoms with Gasteiger partial charge in [0, 0.05) is 29.1 Å². The predicted molar refractivity (Wildman–Crippen MR) is 117 cm³/mol. The average Bonchev–Trinajstić information content (AvgIpc) is 3.15.